The highest BCUT2D eigenvalue weighted by atomic mass is 35.5. The Bertz CT molecular complexity index is 1150. The fourth-order valence-electron chi connectivity index (χ4n) is 3.01. The van der Waals surface area contributed by atoms with E-state index in [-0.39, 0.29) is 36.1 Å². The second kappa shape index (κ2) is 10.3. The van der Waals surface area contributed by atoms with E-state index in [1.54, 1.807) is 13.0 Å². The Kier molecular flexibility index (Phi) is 7.46. The summed E-state index contributed by atoms with van der Waals surface area (Å²) in [6.07, 6.45) is 1.46. The molecule has 1 aromatic carbocycles. The highest BCUT2D eigenvalue weighted by Gasteiger charge is 2.16. The van der Waals surface area contributed by atoms with Gasteiger partial charge in [0, 0.05) is 36.4 Å². The number of esters is 2. The molecule has 2 heterocycles. The molecule has 3 rings (SSSR count). The van der Waals surface area contributed by atoms with Crippen molar-refractivity contribution in [2.24, 2.45) is 0 Å². The van der Waals surface area contributed by atoms with Crippen LogP contribution in [0.3, 0.4) is 0 Å². The van der Waals surface area contributed by atoms with Gasteiger partial charge in [-0.1, -0.05) is 23.7 Å². The van der Waals surface area contributed by atoms with E-state index >= 15 is 0 Å². The molecule has 0 fully saturated rings. The maximum atomic E-state index is 12.4. The number of fused-ring (bicyclic) bond motifs is 1. The van der Waals surface area contributed by atoms with Gasteiger partial charge in [0.05, 0.1) is 13.0 Å². The van der Waals surface area contributed by atoms with Gasteiger partial charge in [0.2, 0.25) is 0 Å². The number of hydrogen-bond donors (Lipinski definition) is 0. The average molecular weight is 448 g/mol. The summed E-state index contributed by atoms with van der Waals surface area (Å²) in [6.45, 7) is 4.05. The van der Waals surface area contributed by atoms with Crippen molar-refractivity contribution in [1.82, 2.24) is 5.16 Å². The molecule has 31 heavy (non-hydrogen) atoms. The molecule has 0 atom stereocenters. The fraction of sp³-hybridized carbons (Fsp3) is 0.364. The van der Waals surface area contributed by atoms with Crippen LogP contribution in [0, 0.1) is 6.92 Å². The van der Waals surface area contributed by atoms with Gasteiger partial charge in [-0.3, -0.25) is 9.59 Å². The molecule has 0 amide bonds. The smallest absolute Gasteiger partial charge is 0.336 e. The predicted molar refractivity (Wildman–Crippen MR) is 112 cm³/mol. The van der Waals surface area contributed by atoms with E-state index in [1.807, 2.05) is 6.92 Å². The van der Waals surface area contributed by atoms with Crippen molar-refractivity contribution in [2.45, 2.75) is 46.0 Å². The molecular formula is C22H22ClNO7. The number of rotatable bonds is 9. The first-order chi connectivity index (χ1) is 14.9. The molecule has 0 radical (unpaired) electrons. The van der Waals surface area contributed by atoms with E-state index in [4.69, 9.17) is 30.0 Å². The number of carbonyl (C=O) groups excluding carboxylic acids is 2. The second-order valence-electron chi connectivity index (χ2n) is 7.02. The lowest BCUT2D eigenvalue weighted by molar-refractivity contribution is -0.143. The predicted octanol–water partition coefficient (Wildman–Crippen LogP) is 4.17. The Balaban J connectivity index is 1.81. The van der Waals surface area contributed by atoms with Gasteiger partial charge in [-0.15, -0.1) is 0 Å². The van der Waals surface area contributed by atoms with Gasteiger partial charge in [0.15, 0.2) is 5.15 Å². The second-order valence-corrected chi connectivity index (χ2v) is 7.40. The monoisotopic (exact) mass is 447 g/mol. The molecule has 0 aliphatic rings. The molecule has 0 unspecified atom stereocenters. The van der Waals surface area contributed by atoms with Crippen LogP contribution in [-0.2, 0) is 27.2 Å². The van der Waals surface area contributed by atoms with E-state index in [1.165, 1.54) is 18.2 Å². The third-order valence-electron chi connectivity index (χ3n) is 4.53. The van der Waals surface area contributed by atoms with Gasteiger partial charge < -0.3 is 18.4 Å². The molecule has 8 nitrogen and oxygen atoms in total. The molecule has 3 aromatic rings. The van der Waals surface area contributed by atoms with Crippen LogP contribution in [0.4, 0.5) is 0 Å². The molecule has 0 aliphatic heterocycles. The molecule has 0 N–H and O–H groups in total. The molecular weight excluding hydrogens is 426 g/mol. The number of aryl methyl sites for hydroxylation is 3. The maximum absolute atomic E-state index is 12.4. The van der Waals surface area contributed by atoms with Crippen molar-refractivity contribution in [3.8, 4) is 5.75 Å². The summed E-state index contributed by atoms with van der Waals surface area (Å²) in [6, 6.07) is 6.17. The first-order valence-corrected chi connectivity index (χ1v) is 10.3. The molecule has 0 aliphatic carbocycles. The first kappa shape index (κ1) is 22.6. The number of aromatic nitrogens is 1. The molecule has 9 heteroatoms. The third kappa shape index (κ3) is 6.18. The van der Waals surface area contributed by atoms with Crippen LogP contribution in [0.2, 0.25) is 5.15 Å². The maximum Gasteiger partial charge on any atom is 0.336 e. The Morgan fingerprint density at radius 1 is 1.10 bits per heavy atom. The van der Waals surface area contributed by atoms with Gasteiger partial charge in [-0.05, 0) is 37.0 Å². The zero-order valence-corrected chi connectivity index (χ0v) is 18.0. The summed E-state index contributed by atoms with van der Waals surface area (Å²) in [5.41, 5.74) is 1.16. The fourth-order valence-corrected chi connectivity index (χ4v) is 3.17. The van der Waals surface area contributed by atoms with Gasteiger partial charge in [0.1, 0.15) is 17.1 Å². The van der Waals surface area contributed by atoms with Crippen LogP contribution < -0.4 is 10.4 Å². The van der Waals surface area contributed by atoms with E-state index < -0.39 is 11.6 Å². The quantitative estimate of drug-likeness (QED) is 0.273. The summed E-state index contributed by atoms with van der Waals surface area (Å²) >= 11 is 5.70. The minimum Gasteiger partial charge on any atom is -0.466 e. The molecule has 0 saturated heterocycles. The molecule has 164 valence electrons. The summed E-state index contributed by atoms with van der Waals surface area (Å²) in [5.74, 6) is -0.166. The topological polar surface area (TPSA) is 109 Å². The Morgan fingerprint density at radius 2 is 1.87 bits per heavy atom. The van der Waals surface area contributed by atoms with E-state index in [0.717, 1.165) is 12.0 Å². The highest BCUT2D eigenvalue weighted by Crippen LogP contribution is 2.29. The third-order valence-corrected chi connectivity index (χ3v) is 4.71. The summed E-state index contributed by atoms with van der Waals surface area (Å²) in [4.78, 5) is 36.1. The van der Waals surface area contributed by atoms with E-state index in [9.17, 15) is 14.4 Å². The summed E-state index contributed by atoms with van der Waals surface area (Å²) in [5, 5.41) is 4.47. The molecule has 0 spiro atoms. The number of benzene rings is 1. The lowest BCUT2D eigenvalue weighted by Gasteiger charge is -2.12. The largest absolute Gasteiger partial charge is 0.466 e. The lowest BCUT2D eigenvalue weighted by atomic mass is 10.0. The van der Waals surface area contributed by atoms with Crippen LogP contribution >= 0.6 is 11.6 Å². The van der Waals surface area contributed by atoms with Crippen LogP contribution in [0.1, 0.15) is 43.1 Å². The van der Waals surface area contributed by atoms with Crippen LogP contribution in [-0.4, -0.2) is 23.7 Å². The minimum atomic E-state index is -0.517. The number of hydrogen-bond acceptors (Lipinski definition) is 8. The number of halogens is 1. The van der Waals surface area contributed by atoms with Gasteiger partial charge >= 0.3 is 17.6 Å². The molecule has 0 saturated carbocycles. The van der Waals surface area contributed by atoms with Gasteiger partial charge in [-0.25, -0.2) is 4.79 Å². The SMILES string of the molecule is CCCOC(=O)CCc1cc2c(C)cc(=O)oc2cc1OC(=O)CCc1cc(Cl)no1. The van der Waals surface area contributed by atoms with Crippen LogP contribution in [0.25, 0.3) is 11.0 Å². The van der Waals surface area contributed by atoms with Crippen LogP contribution in [0.5, 0.6) is 5.75 Å². The Labute approximate surface area is 183 Å². The van der Waals surface area contributed by atoms with Crippen LogP contribution in [0.15, 0.2) is 38.0 Å². The van der Waals surface area contributed by atoms with Crippen molar-refractivity contribution in [2.75, 3.05) is 6.61 Å². The number of ether oxygens (including phenoxy) is 2. The standard InChI is InChI=1S/C22H22ClNO7/c1-3-8-28-20(25)6-4-14-10-16-13(2)9-22(27)30-18(16)12-17(14)29-21(26)7-5-15-11-19(23)24-31-15/h9-12H,3-8H2,1-2H3. The van der Waals surface area contributed by atoms with Crippen molar-refractivity contribution in [1.29, 1.82) is 0 Å². The normalized spacial score (nSPS) is 10.9. The Morgan fingerprint density at radius 3 is 2.58 bits per heavy atom. The summed E-state index contributed by atoms with van der Waals surface area (Å²) < 4.78 is 20.9. The molecule has 0 bridgehead atoms. The van der Waals surface area contributed by atoms with Crippen molar-refractivity contribution in [3.05, 3.63) is 56.7 Å². The Hall–Kier alpha value is -3.13. The number of carbonyl (C=O) groups is 2. The molecule has 2 aromatic heterocycles. The minimum absolute atomic E-state index is 0.0271. The van der Waals surface area contributed by atoms with E-state index in [2.05, 4.69) is 5.16 Å². The zero-order chi connectivity index (χ0) is 22.4. The van der Waals surface area contributed by atoms with Crippen molar-refractivity contribution < 1.29 is 28.0 Å². The van der Waals surface area contributed by atoms with Crippen molar-refractivity contribution >= 4 is 34.5 Å². The van der Waals surface area contributed by atoms with E-state index in [0.29, 0.717) is 35.3 Å². The number of nitrogens with zero attached hydrogens (tertiary/aromatic N) is 1. The first-order valence-electron chi connectivity index (χ1n) is 9.90. The highest BCUT2D eigenvalue weighted by molar-refractivity contribution is 6.29. The van der Waals surface area contributed by atoms with Crippen molar-refractivity contribution in [3.63, 3.8) is 0 Å². The average Bonchev–Trinajstić information content (AvgIpc) is 3.14. The van der Waals surface area contributed by atoms with Gasteiger partial charge in [-0.2, -0.15) is 0 Å². The van der Waals surface area contributed by atoms with Gasteiger partial charge in [0.25, 0.3) is 0 Å². The lowest BCUT2D eigenvalue weighted by Crippen LogP contribution is -2.12. The summed E-state index contributed by atoms with van der Waals surface area (Å²) in [7, 11) is 0. The zero-order valence-electron chi connectivity index (χ0n) is 17.2.